The quantitative estimate of drug-likeness (QED) is 0.317. The lowest BCUT2D eigenvalue weighted by molar-refractivity contribution is -0.119. The van der Waals surface area contributed by atoms with Crippen molar-refractivity contribution in [2.45, 2.75) is 19.9 Å². The van der Waals surface area contributed by atoms with Gasteiger partial charge in [-0.15, -0.1) is 0 Å². The molecule has 0 atom stereocenters. The summed E-state index contributed by atoms with van der Waals surface area (Å²) in [4.78, 5) is 24.8. The van der Waals surface area contributed by atoms with Crippen LogP contribution < -0.4 is 10.6 Å². The van der Waals surface area contributed by atoms with Gasteiger partial charge in [0.05, 0.1) is 25.4 Å². The second-order valence-corrected chi connectivity index (χ2v) is 6.05. The van der Waals surface area contributed by atoms with Crippen molar-refractivity contribution in [1.29, 1.82) is 0 Å². The van der Waals surface area contributed by atoms with E-state index in [-0.39, 0.29) is 31.1 Å². The number of aliphatic hydroxyl groups excluding tert-OH is 2. The molecule has 0 unspecified atom stereocenters. The normalized spacial score (nSPS) is 11.0. The van der Waals surface area contributed by atoms with E-state index in [0.717, 1.165) is 0 Å². The maximum Gasteiger partial charge on any atom is 0.230 e. The van der Waals surface area contributed by atoms with Crippen LogP contribution in [-0.2, 0) is 9.59 Å². The topological polar surface area (TPSA) is 102 Å². The highest BCUT2D eigenvalue weighted by Gasteiger charge is 2.07. The summed E-state index contributed by atoms with van der Waals surface area (Å²) in [5.41, 5.74) is 0. The predicted molar refractivity (Wildman–Crippen MR) is 88.5 cm³/mol. The number of hydrogen-bond donors (Lipinski definition) is 4. The van der Waals surface area contributed by atoms with Crippen LogP contribution in [0, 0.1) is 6.42 Å². The molecular formula is C14H28N3O4S. The van der Waals surface area contributed by atoms with Crippen LogP contribution in [0.25, 0.3) is 0 Å². The summed E-state index contributed by atoms with van der Waals surface area (Å²) in [7, 11) is 0. The van der Waals surface area contributed by atoms with Crippen LogP contribution in [0.4, 0.5) is 0 Å². The van der Waals surface area contributed by atoms with Crippen LogP contribution in [0.2, 0.25) is 0 Å². The number of thioether (sulfide) groups is 1. The van der Waals surface area contributed by atoms with Crippen molar-refractivity contribution < 1.29 is 19.8 Å². The number of carbonyl (C=O) groups is 2. The molecule has 129 valence electrons. The SMILES string of the molecule is CC(C)NC(=O)[CH]CSCC(=O)NCCN(CCO)CCO. The maximum atomic E-state index is 11.6. The molecule has 4 N–H and O–H groups in total. The number of aliphatic hydroxyl groups is 2. The van der Waals surface area contributed by atoms with Crippen LogP contribution in [0.3, 0.4) is 0 Å². The molecule has 0 saturated heterocycles. The molecule has 0 fully saturated rings. The van der Waals surface area contributed by atoms with Crippen LogP contribution in [-0.4, -0.2) is 83.9 Å². The van der Waals surface area contributed by atoms with Crippen molar-refractivity contribution in [2.24, 2.45) is 0 Å². The number of amides is 2. The molecule has 0 heterocycles. The zero-order valence-electron chi connectivity index (χ0n) is 13.4. The maximum absolute atomic E-state index is 11.6. The van der Waals surface area contributed by atoms with Crippen LogP contribution in [0.1, 0.15) is 13.8 Å². The van der Waals surface area contributed by atoms with Gasteiger partial charge in [-0.2, -0.15) is 11.8 Å². The Hall–Kier alpha value is -0.830. The average Bonchev–Trinajstić information content (AvgIpc) is 2.43. The fourth-order valence-corrected chi connectivity index (χ4v) is 2.33. The molecule has 2 amide bonds. The van der Waals surface area contributed by atoms with E-state index in [9.17, 15) is 9.59 Å². The molecule has 0 aromatic carbocycles. The lowest BCUT2D eigenvalue weighted by Crippen LogP contribution is -2.38. The highest BCUT2D eigenvalue weighted by molar-refractivity contribution is 8.00. The van der Waals surface area contributed by atoms with Gasteiger partial charge in [0.1, 0.15) is 0 Å². The smallest absolute Gasteiger partial charge is 0.230 e. The van der Waals surface area contributed by atoms with Gasteiger partial charge in [0.2, 0.25) is 11.8 Å². The molecule has 0 aliphatic carbocycles. The molecule has 22 heavy (non-hydrogen) atoms. The van der Waals surface area contributed by atoms with Crippen LogP contribution in [0.5, 0.6) is 0 Å². The van der Waals surface area contributed by atoms with E-state index in [2.05, 4.69) is 10.6 Å². The predicted octanol–water partition coefficient (Wildman–Crippen LogP) is -1.15. The van der Waals surface area contributed by atoms with E-state index in [0.29, 0.717) is 37.7 Å². The standard InChI is InChI=1S/C14H28N3O4S/c1-12(2)16-13(20)3-10-22-11-14(21)15-4-5-17(6-8-18)7-9-19/h3,12,18-19H,4-11H2,1-2H3,(H,15,21)(H,16,20). The summed E-state index contributed by atoms with van der Waals surface area (Å²) < 4.78 is 0. The first-order valence-electron chi connectivity index (χ1n) is 7.41. The van der Waals surface area contributed by atoms with E-state index in [1.54, 1.807) is 0 Å². The Morgan fingerprint density at radius 2 is 1.82 bits per heavy atom. The molecule has 0 saturated carbocycles. The minimum atomic E-state index is -0.119. The zero-order chi connectivity index (χ0) is 16.8. The third kappa shape index (κ3) is 12.9. The molecule has 1 radical (unpaired) electrons. The van der Waals surface area contributed by atoms with Gasteiger partial charge in [-0.1, -0.05) is 0 Å². The fourth-order valence-electron chi connectivity index (χ4n) is 1.65. The molecule has 0 aromatic rings. The summed E-state index contributed by atoms with van der Waals surface area (Å²) >= 11 is 1.37. The van der Waals surface area contributed by atoms with Gasteiger partial charge in [0.15, 0.2) is 0 Å². The van der Waals surface area contributed by atoms with E-state index in [1.807, 2.05) is 18.7 Å². The van der Waals surface area contributed by atoms with Gasteiger partial charge in [0.25, 0.3) is 0 Å². The largest absolute Gasteiger partial charge is 0.395 e. The molecule has 0 bridgehead atoms. The number of hydrogen-bond acceptors (Lipinski definition) is 6. The van der Waals surface area contributed by atoms with E-state index in [1.165, 1.54) is 18.2 Å². The van der Waals surface area contributed by atoms with E-state index < -0.39 is 0 Å². The third-order valence-corrected chi connectivity index (χ3v) is 3.50. The molecule has 0 aliphatic rings. The van der Waals surface area contributed by atoms with Gasteiger partial charge in [0, 0.05) is 38.0 Å². The highest BCUT2D eigenvalue weighted by Crippen LogP contribution is 2.01. The number of nitrogens with zero attached hydrogens (tertiary/aromatic N) is 1. The second-order valence-electron chi connectivity index (χ2n) is 5.02. The first kappa shape index (κ1) is 21.2. The molecule has 0 spiro atoms. The minimum Gasteiger partial charge on any atom is -0.395 e. The van der Waals surface area contributed by atoms with E-state index >= 15 is 0 Å². The summed E-state index contributed by atoms with van der Waals surface area (Å²) in [6.07, 6.45) is 1.53. The molecule has 7 nitrogen and oxygen atoms in total. The molecule has 0 rings (SSSR count). The monoisotopic (exact) mass is 334 g/mol. The van der Waals surface area contributed by atoms with Crippen molar-refractivity contribution in [1.82, 2.24) is 15.5 Å². The number of nitrogens with one attached hydrogen (secondary N) is 2. The molecular weight excluding hydrogens is 306 g/mol. The van der Waals surface area contributed by atoms with E-state index in [4.69, 9.17) is 10.2 Å². The average molecular weight is 334 g/mol. The van der Waals surface area contributed by atoms with Gasteiger partial charge in [-0.3, -0.25) is 14.5 Å². The Morgan fingerprint density at radius 3 is 2.36 bits per heavy atom. The summed E-state index contributed by atoms with van der Waals surface area (Å²) in [5.74, 6) is 0.584. The minimum absolute atomic E-state index is 0.0259. The van der Waals surface area contributed by atoms with Gasteiger partial charge in [-0.25, -0.2) is 0 Å². The Balaban J connectivity index is 3.63. The lowest BCUT2D eigenvalue weighted by atomic mass is 10.3. The van der Waals surface area contributed by atoms with Crippen molar-refractivity contribution in [3.05, 3.63) is 6.42 Å². The number of carbonyl (C=O) groups excluding carboxylic acids is 2. The van der Waals surface area contributed by atoms with Gasteiger partial charge in [-0.05, 0) is 13.8 Å². The van der Waals surface area contributed by atoms with Crippen LogP contribution in [0.15, 0.2) is 0 Å². The fraction of sp³-hybridized carbons (Fsp3) is 0.786. The Labute approximate surface area is 136 Å². The zero-order valence-corrected chi connectivity index (χ0v) is 14.2. The van der Waals surface area contributed by atoms with Crippen molar-refractivity contribution in [3.63, 3.8) is 0 Å². The van der Waals surface area contributed by atoms with Gasteiger partial charge >= 0.3 is 0 Å². The summed E-state index contributed by atoms with van der Waals surface area (Å²) in [6.45, 7) is 5.84. The van der Waals surface area contributed by atoms with Crippen molar-refractivity contribution >= 4 is 23.6 Å². The van der Waals surface area contributed by atoms with Crippen molar-refractivity contribution in [3.8, 4) is 0 Å². The Morgan fingerprint density at radius 1 is 1.18 bits per heavy atom. The first-order chi connectivity index (χ1) is 10.5. The third-order valence-electron chi connectivity index (χ3n) is 2.63. The highest BCUT2D eigenvalue weighted by atomic mass is 32.2. The Bertz CT molecular complexity index is 310. The van der Waals surface area contributed by atoms with Crippen LogP contribution >= 0.6 is 11.8 Å². The second kappa shape index (κ2) is 13.8. The summed E-state index contributed by atoms with van der Waals surface area (Å²) in [6, 6.07) is 0.109. The first-order valence-corrected chi connectivity index (χ1v) is 8.57. The number of rotatable bonds is 13. The Kier molecular flexibility index (Phi) is 13.3. The van der Waals surface area contributed by atoms with Gasteiger partial charge < -0.3 is 20.8 Å². The molecule has 0 aromatic heterocycles. The van der Waals surface area contributed by atoms with Crippen molar-refractivity contribution in [2.75, 3.05) is 50.9 Å². The molecule has 8 heteroatoms. The lowest BCUT2D eigenvalue weighted by Gasteiger charge is -2.20. The molecule has 0 aliphatic heterocycles. The summed E-state index contributed by atoms with van der Waals surface area (Å²) in [5, 5.41) is 23.2.